The summed E-state index contributed by atoms with van der Waals surface area (Å²) in [5.41, 5.74) is 9.72. The van der Waals surface area contributed by atoms with Crippen molar-refractivity contribution in [2.45, 2.75) is 38.9 Å². The van der Waals surface area contributed by atoms with Crippen molar-refractivity contribution in [1.82, 2.24) is 16.2 Å². The van der Waals surface area contributed by atoms with Crippen LogP contribution in [0.25, 0.3) is 0 Å². The van der Waals surface area contributed by atoms with Crippen molar-refractivity contribution in [3.63, 3.8) is 0 Å². The number of carbonyl (C=O) groups is 1. The van der Waals surface area contributed by atoms with Gasteiger partial charge in [-0.05, 0) is 61.7 Å². The van der Waals surface area contributed by atoms with E-state index in [9.17, 15) is 4.79 Å². The van der Waals surface area contributed by atoms with Gasteiger partial charge >= 0.3 is 0 Å². The van der Waals surface area contributed by atoms with E-state index >= 15 is 0 Å². The Bertz CT molecular complexity index is 772. The number of rotatable bonds is 6. The first kappa shape index (κ1) is 19.2. The summed E-state index contributed by atoms with van der Waals surface area (Å²) in [5, 5.41) is 3.02. The summed E-state index contributed by atoms with van der Waals surface area (Å²) < 4.78 is 10.9. The van der Waals surface area contributed by atoms with Gasteiger partial charge < -0.3 is 14.8 Å². The monoisotopic (exact) mass is 369 g/mol. The summed E-state index contributed by atoms with van der Waals surface area (Å²) in [6.45, 7) is 6.08. The van der Waals surface area contributed by atoms with E-state index in [4.69, 9.17) is 9.47 Å². The lowest BCUT2D eigenvalue weighted by Gasteiger charge is -2.22. The van der Waals surface area contributed by atoms with Crippen molar-refractivity contribution in [3.8, 4) is 11.5 Å². The van der Waals surface area contributed by atoms with Crippen LogP contribution in [-0.2, 0) is 4.79 Å². The first-order valence-corrected chi connectivity index (χ1v) is 9.11. The van der Waals surface area contributed by atoms with Gasteiger partial charge in [0.2, 0.25) is 0 Å². The minimum Gasteiger partial charge on any atom is -0.497 e. The van der Waals surface area contributed by atoms with Gasteiger partial charge in [-0.3, -0.25) is 10.2 Å². The van der Waals surface area contributed by atoms with Gasteiger partial charge in [0.15, 0.2) is 6.61 Å². The highest BCUT2D eigenvalue weighted by Gasteiger charge is 2.35. The van der Waals surface area contributed by atoms with E-state index in [1.807, 2.05) is 50.2 Å². The van der Waals surface area contributed by atoms with Crippen molar-refractivity contribution < 1.29 is 14.3 Å². The van der Waals surface area contributed by atoms with Gasteiger partial charge in [0, 0.05) is 12.0 Å². The Balaban J connectivity index is 1.61. The quantitative estimate of drug-likeness (QED) is 0.729. The van der Waals surface area contributed by atoms with Gasteiger partial charge in [-0.15, -0.1) is 0 Å². The summed E-state index contributed by atoms with van der Waals surface area (Å²) >= 11 is 0. The minimum atomic E-state index is -0.219. The summed E-state index contributed by atoms with van der Waals surface area (Å²) in [7, 11) is 1.65. The molecule has 1 saturated heterocycles. The molecular weight excluding hydrogens is 342 g/mol. The minimum absolute atomic E-state index is 0.0230. The molecule has 27 heavy (non-hydrogen) atoms. The van der Waals surface area contributed by atoms with E-state index in [1.54, 1.807) is 7.11 Å². The van der Waals surface area contributed by atoms with Crippen molar-refractivity contribution in [1.29, 1.82) is 0 Å². The van der Waals surface area contributed by atoms with Gasteiger partial charge in [-0.25, -0.2) is 5.43 Å². The zero-order valence-electron chi connectivity index (χ0n) is 16.2. The molecule has 1 aliphatic rings. The average Bonchev–Trinajstić information content (AvgIpc) is 2.99. The van der Waals surface area contributed by atoms with E-state index in [0.29, 0.717) is 5.75 Å². The number of hydrogen-bond acceptors (Lipinski definition) is 5. The standard InChI is InChI=1S/C21H27N3O3/c1-13-9-14(2)11-18(10-13)27-12-19(25)22-21-20(15(3)23-24-21)16-5-7-17(26-4)8-6-16/h5-11,15,20-21,23-24H,12H2,1-4H3,(H,22,25). The van der Waals surface area contributed by atoms with E-state index in [0.717, 1.165) is 22.4 Å². The second kappa shape index (κ2) is 8.41. The molecule has 0 saturated carbocycles. The molecule has 144 valence electrons. The van der Waals surface area contributed by atoms with Crippen LogP contribution in [-0.4, -0.2) is 31.8 Å². The molecule has 1 heterocycles. The fourth-order valence-electron chi connectivity index (χ4n) is 3.50. The number of methoxy groups -OCH3 is 1. The van der Waals surface area contributed by atoms with E-state index in [1.165, 1.54) is 0 Å². The van der Waals surface area contributed by atoms with Crippen LogP contribution in [0.3, 0.4) is 0 Å². The number of hydrogen-bond donors (Lipinski definition) is 3. The normalized spacial score (nSPS) is 21.7. The van der Waals surface area contributed by atoms with E-state index < -0.39 is 0 Å². The fourth-order valence-corrected chi connectivity index (χ4v) is 3.50. The maximum absolute atomic E-state index is 12.4. The third kappa shape index (κ3) is 4.78. The lowest BCUT2D eigenvalue weighted by atomic mass is 9.91. The molecule has 1 fully saturated rings. The van der Waals surface area contributed by atoms with Crippen molar-refractivity contribution in [3.05, 3.63) is 59.2 Å². The van der Waals surface area contributed by atoms with Crippen LogP contribution in [0.15, 0.2) is 42.5 Å². The summed E-state index contributed by atoms with van der Waals surface area (Å²) in [5.74, 6) is 1.45. The van der Waals surface area contributed by atoms with Crippen molar-refractivity contribution in [2.24, 2.45) is 0 Å². The number of ether oxygens (including phenoxy) is 2. The van der Waals surface area contributed by atoms with E-state index in [2.05, 4.69) is 29.2 Å². The number of nitrogens with one attached hydrogen (secondary N) is 3. The van der Waals surface area contributed by atoms with Crippen LogP contribution in [0.1, 0.15) is 29.5 Å². The third-order valence-electron chi connectivity index (χ3n) is 4.75. The van der Waals surface area contributed by atoms with Gasteiger partial charge in [0.25, 0.3) is 5.91 Å². The highest BCUT2D eigenvalue weighted by molar-refractivity contribution is 5.78. The molecule has 0 aromatic heterocycles. The topological polar surface area (TPSA) is 71.6 Å². The molecular formula is C21H27N3O3. The van der Waals surface area contributed by atoms with Crippen LogP contribution >= 0.6 is 0 Å². The molecule has 1 amide bonds. The zero-order valence-corrected chi connectivity index (χ0v) is 16.2. The second-order valence-corrected chi connectivity index (χ2v) is 7.03. The SMILES string of the molecule is COc1ccc(C2C(C)NNC2NC(=O)COc2cc(C)cc(C)c2)cc1. The lowest BCUT2D eigenvalue weighted by Crippen LogP contribution is -2.47. The lowest BCUT2D eigenvalue weighted by molar-refractivity contribution is -0.124. The Morgan fingerprint density at radius 2 is 1.70 bits per heavy atom. The van der Waals surface area contributed by atoms with E-state index in [-0.39, 0.29) is 30.6 Å². The molecule has 6 nitrogen and oxygen atoms in total. The largest absolute Gasteiger partial charge is 0.497 e. The Kier molecular flexibility index (Phi) is 5.98. The van der Waals surface area contributed by atoms with Gasteiger partial charge in [0.1, 0.15) is 17.7 Å². The summed E-state index contributed by atoms with van der Waals surface area (Å²) in [4.78, 5) is 12.4. The molecule has 0 spiro atoms. The van der Waals surface area contributed by atoms with Crippen LogP contribution in [0.5, 0.6) is 11.5 Å². The maximum Gasteiger partial charge on any atom is 0.259 e. The molecule has 3 N–H and O–H groups in total. The van der Waals surface area contributed by atoms with Crippen LogP contribution in [0.4, 0.5) is 0 Å². The summed E-state index contributed by atoms with van der Waals surface area (Å²) in [6, 6.07) is 14.0. The Labute approximate surface area is 160 Å². The number of hydrazine groups is 1. The summed E-state index contributed by atoms with van der Waals surface area (Å²) in [6.07, 6.45) is -0.219. The van der Waals surface area contributed by atoms with Gasteiger partial charge in [-0.2, -0.15) is 0 Å². The molecule has 3 rings (SSSR count). The maximum atomic E-state index is 12.4. The van der Waals surface area contributed by atoms with Crippen LogP contribution in [0, 0.1) is 13.8 Å². The first-order chi connectivity index (χ1) is 13.0. The van der Waals surface area contributed by atoms with Crippen molar-refractivity contribution in [2.75, 3.05) is 13.7 Å². The molecule has 1 aliphatic heterocycles. The number of aryl methyl sites for hydroxylation is 2. The van der Waals surface area contributed by atoms with Gasteiger partial charge in [-0.1, -0.05) is 18.2 Å². The van der Waals surface area contributed by atoms with Crippen LogP contribution in [0.2, 0.25) is 0 Å². The molecule has 6 heteroatoms. The van der Waals surface area contributed by atoms with Crippen LogP contribution < -0.4 is 25.6 Å². The first-order valence-electron chi connectivity index (χ1n) is 9.11. The van der Waals surface area contributed by atoms with Crippen molar-refractivity contribution >= 4 is 5.91 Å². The molecule has 3 unspecified atom stereocenters. The van der Waals surface area contributed by atoms with Gasteiger partial charge in [0.05, 0.1) is 7.11 Å². The number of benzene rings is 2. The zero-order chi connectivity index (χ0) is 19.4. The highest BCUT2D eigenvalue weighted by atomic mass is 16.5. The predicted molar refractivity (Wildman–Crippen MR) is 105 cm³/mol. The molecule has 0 radical (unpaired) electrons. The fraction of sp³-hybridized carbons (Fsp3) is 0.381. The smallest absolute Gasteiger partial charge is 0.259 e. The molecule has 0 bridgehead atoms. The number of carbonyl (C=O) groups excluding carboxylic acids is 1. The molecule has 3 atom stereocenters. The number of amides is 1. The Hall–Kier alpha value is -2.57. The second-order valence-electron chi connectivity index (χ2n) is 7.03. The average molecular weight is 369 g/mol. The Morgan fingerprint density at radius 3 is 2.33 bits per heavy atom. The third-order valence-corrected chi connectivity index (χ3v) is 4.75. The predicted octanol–water partition coefficient (Wildman–Crippen LogP) is 2.41. The molecule has 2 aromatic carbocycles. The molecule has 0 aliphatic carbocycles. The Morgan fingerprint density at radius 1 is 1.04 bits per heavy atom. The molecule has 2 aromatic rings. The highest BCUT2D eigenvalue weighted by Crippen LogP contribution is 2.27.